The number of carbonyl (C=O) groups excluding carboxylic acids is 1. The minimum absolute atomic E-state index is 0. The summed E-state index contributed by atoms with van der Waals surface area (Å²) in [7, 11) is 3.11. The molecule has 1 amide bonds. The van der Waals surface area contributed by atoms with Crippen LogP contribution in [0, 0.1) is 11.3 Å². The third-order valence-electron chi connectivity index (χ3n) is 7.61. The Morgan fingerprint density at radius 3 is 2.63 bits per heavy atom. The maximum atomic E-state index is 12.7. The summed E-state index contributed by atoms with van der Waals surface area (Å²) in [6.07, 6.45) is 6.93. The van der Waals surface area contributed by atoms with E-state index in [0.717, 1.165) is 36.8 Å². The van der Waals surface area contributed by atoms with E-state index in [4.69, 9.17) is 23.6 Å². The molecule has 0 aromatic carbocycles. The largest absolute Gasteiger partial charge is 0.494 e. The minimum Gasteiger partial charge on any atom is -0.494 e. The number of hydrogen-bond donors (Lipinski definition) is 1. The number of nitrogens with zero attached hydrogens (tertiary/aromatic N) is 5. The van der Waals surface area contributed by atoms with Crippen molar-refractivity contribution in [3.8, 4) is 40.3 Å². The van der Waals surface area contributed by atoms with Crippen LogP contribution >= 0.6 is 12.4 Å². The number of nitriles is 1. The molecule has 12 heteroatoms. The van der Waals surface area contributed by atoms with Crippen LogP contribution in [0.2, 0.25) is 0 Å². The molecule has 0 atom stereocenters. The Kier molecular flexibility index (Phi) is 9.11. The average molecular weight is 606 g/mol. The number of aromatic nitrogens is 3. The predicted octanol–water partition coefficient (Wildman–Crippen LogP) is 4.75. The van der Waals surface area contributed by atoms with Gasteiger partial charge >= 0.3 is 0 Å². The van der Waals surface area contributed by atoms with E-state index in [-0.39, 0.29) is 43.3 Å². The molecular formula is C31H32ClN5O6. The fraction of sp³-hybridized carbons (Fsp3) is 0.387. The molecule has 2 fully saturated rings. The first-order valence-corrected chi connectivity index (χ1v) is 14.0. The molecule has 0 bridgehead atoms. The molecule has 0 unspecified atom stereocenters. The van der Waals surface area contributed by atoms with Crippen molar-refractivity contribution in [2.45, 2.75) is 37.7 Å². The highest BCUT2D eigenvalue weighted by Crippen LogP contribution is 2.47. The van der Waals surface area contributed by atoms with Gasteiger partial charge in [0.15, 0.2) is 22.8 Å². The summed E-state index contributed by atoms with van der Waals surface area (Å²) >= 11 is 0. The standard InChI is InChI=1S/C31H31N5O6.ClH/c1-36(9-10-37)31(38)19-13-26(39-2)29(34-16-19)27-14-23-30(42-27)28(21(17-33-23)18-3-4-18)22-5-6-25(24(15-32)35-22)41-20-7-11-40-12-8-20;/h5-6,13-14,16-18,20,37H,3-4,7-12H2,1-2H3;1H. The SMILES string of the molecule is COc1cc(C(=O)N(C)CCO)cnc1-c1cc2ncc(C3CC3)c(-c3ccc(OC4CCOCC4)c(C#N)n3)c2o1.Cl. The molecule has 0 spiro atoms. The van der Waals surface area contributed by atoms with E-state index in [0.29, 0.717) is 64.4 Å². The van der Waals surface area contributed by atoms with E-state index in [2.05, 4.69) is 16.0 Å². The normalized spacial score (nSPS) is 15.0. The van der Waals surface area contributed by atoms with Crippen LogP contribution in [0.4, 0.5) is 0 Å². The maximum Gasteiger partial charge on any atom is 0.255 e. The summed E-state index contributed by atoms with van der Waals surface area (Å²) in [5.41, 5.74) is 4.52. The van der Waals surface area contributed by atoms with E-state index in [1.165, 1.54) is 18.2 Å². The van der Waals surface area contributed by atoms with Gasteiger partial charge in [0.05, 0.1) is 43.8 Å². The fourth-order valence-electron chi connectivity index (χ4n) is 5.18. The zero-order chi connectivity index (χ0) is 29.2. The number of amides is 1. The van der Waals surface area contributed by atoms with Crippen molar-refractivity contribution in [3.63, 3.8) is 0 Å². The Hall–Kier alpha value is -4.24. The van der Waals surface area contributed by atoms with Crippen molar-refractivity contribution in [1.82, 2.24) is 19.9 Å². The first kappa shape index (κ1) is 30.2. The van der Waals surface area contributed by atoms with Crippen molar-refractivity contribution in [3.05, 3.63) is 53.5 Å². The second-order valence-electron chi connectivity index (χ2n) is 10.5. The number of hydrogen-bond acceptors (Lipinski definition) is 10. The average Bonchev–Trinajstić information content (AvgIpc) is 3.78. The van der Waals surface area contributed by atoms with Gasteiger partial charge < -0.3 is 28.6 Å². The van der Waals surface area contributed by atoms with Gasteiger partial charge in [-0.3, -0.25) is 9.78 Å². The van der Waals surface area contributed by atoms with E-state index in [9.17, 15) is 15.2 Å². The summed E-state index contributed by atoms with van der Waals surface area (Å²) in [4.78, 5) is 28.0. The first-order chi connectivity index (χ1) is 20.5. The number of aliphatic hydroxyl groups is 1. The number of pyridine rings is 3. The number of halogens is 1. The van der Waals surface area contributed by atoms with E-state index < -0.39 is 0 Å². The van der Waals surface area contributed by atoms with Crippen LogP contribution in [-0.2, 0) is 4.74 Å². The zero-order valence-corrected chi connectivity index (χ0v) is 24.7. The van der Waals surface area contributed by atoms with Gasteiger partial charge in [-0.05, 0) is 42.5 Å². The Bertz CT molecular complexity index is 1680. The van der Waals surface area contributed by atoms with Crippen molar-refractivity contribution < 1.29 is 28.5 Å². The smallest absolute Gasteiger partial charge is 0.255 e. The number of aliphatic hydroxyl groups excluding tert-OH is 1. The number of likely N-dealkylation sites (N-methyl/N-ethyl adjacent to an activating group) is 1. The van der Waals surface area contributed by atoms with Crippen LogP contribution in [0.15, 0.2) is 41.1 Å². The number of methoxy groups -OCH3 is 1. The molecule has 43 heavy (non-hydrogen) atoms. The van der Waals surface area contributed by atoms with Crippen molar-refractivity contribution in [2.24, 2.45) is 0 Å². The highest BCUT2D eigenvalue weighted by molar-refractivity contribution is 5.96. The molecular weight excluding hydrogens is 574 g/mol. The van der Waals surface area contributed by atoms with Crippen LogP contribution in [0.3, 0.4) is 0 Å². The van der Waals surface area contributed by atoms with Crippen molar-refractivity contribution in [1.29, 1.82) is 5.26 Å². The molecule has 4 aromatic heterocycles. The number of carbonyl (C=O) groups is 1. The predicted molar refractivity (Wildman–Crippen MR) is 159 cm³/mol. The molecule has 4 aromatic rings. The maximum absolute atomic E-state index is 12.7. The zero-order valence-electron chi connectivity index (χ0n) is 23.9. The van der Waals surface area contributed by atoms with Gasteiger partial charge in [0.2, 0.25) is 0 Å². The highest BCUT2D eigenvalue weighted by atomic mass is 35.5. The number of rotatable bonds is 9. The summed E-state index contributed by atoms with van der Waals surface area (Å²) in [5.74, 6) is 1.30. The molecule has 0 radical (unpaired) electrons. The number of ether oxygens (including phenoxy) is 3. The lowest BCUT2D eigenvalue weighted by atomic mass is 10.0. The monoisotopic (exact) mass is 605 g/mol. The summed E-state index contributed by atoms with van der Waals surface area (Å²) < 4.78 is 23.5. The van der Waals surface area contributed by atoms with E-state index >= 15 is 0 Å². The molecule has 1 saturated carbocycles. The van der Waals surface area contributed by atoms with Gasteiger partial charge in [-0.25, -0.2) is 9.97 Å². The van der Waals surface area contributed by atoms with Gasteiger partial charge in [0, 0.05) is 44.9 Å². The second kappa shape index (κ2) is 13.0. The number of fused-ring (bicyclic) bond motifs is 1. The molecule has 224 valence electrons. The lowest BCUT2D eigenvalue weighted by molar-refractivity contribution is 0.0253. The second-order valence-corrected chi connectivity index (χ2v) is 10.5. The summed E-state index contributed by atoms with van der Waals surface area (Å²) in [5, 5.41) is 19.1. The molecule has 1 aliphatic heterocycles. The molecule has 5 heterocycles. The number of furan rings is 1. The van der Waals surface area contributed by atoms with Crippen LogP contribution in [0.1, 0.15) is 53.2 Å². The van der Waals surface area contributed by atoms with Gasteiger partial charge in [-0.2, -0.15) is 5.26 Å². The quantitative estimate of drug-likeness (QED) is 0.284. The van der Waals surface area contributed by atoms with E-state index in [1.54, 1.807) is 25.2 Å². The van der Waals surface area contributed by atoms with E-state index in [1.807, 2.05) is 12.3 Å². The van der Waals surface area contributed by atoms with Gasteiger partial charge in [0.25, 0.3) is 5.91 Å². The Morgan fingerprint density at radius 1 is 1.14 bits per heavy atom. The molecule has 1 N–H and O–H groups in total. The third kappa shape index (κ3) is 6.13. The van der Waals surface area contributed by atoms with Gasteiger partial charge in [-0.1, -0.05) is 0 Å². The van der Waals surface area contributed by atoms with Crippen molar-refractivity contribution >= 4 is 29.4 Å². The summed E-state index contributed by atoms with van der Waals surface area (Å²) in [6.45, 7) is 1.34. The Labute approximate surface area is 254 Å². The lowest BCUT2D eigenvalue weighted by Crippen LogP contribution is -2.29. The Balaban J connectivity index is 0.00000368. The topological polar surface area (TPSA) is 144 Å². The minimum atomic E-state index is -0.285. The third-order valence-corrected chi connectivity index (χ3v) is 7.61. The van der Waals surface area contributed by atoms with Crippen LogP contribution in [0.5, 0.6) is 11.5 Å². The lowest BCUT2D eigenvalue weighted by Gasteiger charge is -2.23. The van der Waals surface area contributed by atoms with Crippen LogP contribution < -0.4 is 9.47 Å². The molecule has 6 rings (SSSR count). The molecule has 1 aliphatic carbocycles. The highest BCUT2D eigenvalue weighted by Gasteiger charge is 2.31. The summed E-state index contributed by atoms with van der Waals surface area (Å²) in [6, 6.07) is 9.25. The van der Waals surface area contributed by atoms with Gasteiger partial charge in [0.1, 0.15) is 29.1 Å². The fourth-order valence-corrected chi connectivity index (χ4v) is 5.18. The Morgan fingerprint density at radius 2 is 1.93 bits per heavy atom. The first-order valence-electron chi connectivity index (χ1n) is 14.0. The molecule has 2 aliphatic rings. The van der Waals surface area contributed by atoms with Gasteiger partial charge in [-0.15, -0.1) is 12.4 Å². The molecule has 11 nitrogen and oxygen atoms in total. The molecule has 1 saturated heterocycles. The van der Waals surface area contributed by atoms with Crippen molar-refractivity contribution in [2.75, 3.05) is 40.5 Å². The van der Waals surface area contributed by atoms with Crippen LogP contribution in [-0.4, -0.2) is 77.5 Å². The van der Waals surface area contributed by atoms with Crippen LogP contribution in [0.25, 0.3) is 33.8 Å².